The number of H-pyrrole nitrogens is 1. The second-order valence-corrected chi connectivity index (χ2v) is 4.96. The quantitative estimate of drug-likeness (QED) is 0.869. The maximum absolute atomic E-state index is 12.7. The number of hydrogen-bond acceptors (Lipinski definition) is 2. The highest BCUT2D eigenvalue weighted by atomic mass is 16.2. The number of aromatic nitrogens is 1. The van der Waals surface area contributed by atoms with Crippen molar-refractivity contribution < 1.29 is 9.59 Å². The maximum atomic E-state index is 12.7. The molecule has 0 saturated carbocycles. The van der Waals surface area contributed by atoms with Crippen molar-refractivity contribution in [3.63, 3.8) is 0 Å². The van der Waals surface area contributed by atoms with Gasteiger partial charge in [-0.25, -0.2) is 0 Å². The molecular weight excluding hydrogens is 254 g/mol. The van der Waals surface area contributed by atoms with E-state index in [4.69, 9.17) is 0 Å². The number of benzene rings is 1. The van der Waals surface area contributed by atoms with Crippen LogP contribution in [0, 0.1) is 0 Å². The molecule has 1 aromatic carbocycles. The van der Waals surface area contributed by atoms with Gasteiger partial charge >= 0.3 is 0 Å². The molecule has 2 heterocycles. The molecular formula is C15H17N3O2. The summed E-state index contributed by atoms with van der Waals surface area (Å²) in [4.78, 5) is 29.4. The van der Waals surface area contributed by atoms with E-state index in [1.165, 1.54) is 0 Å². The Labute approximate surface area is 117 Å². The molecule has 1 aromatic heterocycles. The normalized spacial score (nSPS) is 19.1. The molecule has 2 amide bonds. The summed E-state index contributed by atoms with van der Waals surface area (Å²) in [6, 6.07) is 7.32. The third-order valence-electron chi connectivity index (χ3n) is 3.80. The Morgan fingerprint density at radius 2 is 2.20 bits per heavy atom. The SMILES string of the molecule is CCC1C(=O)NCCN1C(=O)c1c[nH]c2ccccc12. The van der Waals surface area contributed by atoms with Crippen molar-refractivity contribution in [1.82, 2.24) is 15.2 Å². The van der Waals surface area contributed by atoms with Gasteiger partial charge in [-0.2, -0.15) is 0 Å². The molecule has 104 valence electrons. The number of nitrogens with zero attached hydrogens (tertiary/aromatic N) is 1. The van der Waals surface area contributed by atoms with Crippen LogP contribution in [-0.2, 0) is 4.79 Å². The van der Waals surface area contributed by atoms with Gasteiger partial charge in [0.2, 0.25) is 5.91 Å². The van der Waals surface area contributed by atoms with Gasteiger partial charge in [-0.15, -0.1) is 0 Å². The molecule has 20 heavy (non-hydrogen) atoms. The van der Waals surface area contributed by atoms with Crippen LogP contribution in [-0.4, -0.2) is 40.8 Å². The number of aromatic amines is 1. The molecule has 5 heteroatoms. The fourth-order valence-corrected chi connectivity index (χ4v) is 2.77. The molecule has 2 aromatic rings. The van der Waals surface area contributed by atoms with E-state index in [0.717, 1.165) is 10.9 Å². The summed E-state index contributed by atoms with van der Waals surface area (Å²) < 4.78 is 0. The van der Waals surface area contributed by atoms with Gasteiger partial charge in [0.25, 0.3) is 5.91 Å². The second kappa shape index (κ2) is 5.00. The van der Waals surface area contributed by atoms with Gasteiger partial charge < -0.3 is 15.2 Å². The number of para-hydroxylation sites is 1. The van der Waals surface area contributed by atoms with Gasteiger partial charge in [0.15, 0.2) is 0 Å². The molecule has 1 atom stereocenters. The molecule has 3 rings (SSSR count). The van der Waals surface area contributed by atoms with E-state index in [1.807, 2.05) is 31.2 Å². The molecule has 1 fully saturated rings. The fourth-order valence-electron chi connectivity index (χ4n) is 2.77. The van der Waals surface area contributed by atoms with Crippen LogP contribution >= 0.6 is 0 Å². The van der Waals surface area contributed by atoms with Crippen molar-refractivity contribution in [2.24, 2.45) is 0 Å². The first-order valence-corrected chi connectivity index (χ1v) is 6.87. The highest BCUT2D eigenvalue weighted by Gasteiger charge is 2.32. The summed E-state index contributed by atoms with van der Waals surface area (Å²) in [5, 5.41) is 3.71. The third-order valence-corrected chi connectivity index (χ3v) is 3.80. The zero-order chi connectivity index (χ0) is 14.1. The van der Waals surface area contributed by atoms with E-state index >= 15 is 0 Å². The van der Waals surface area contributed by atoms with Crippen LogP contribution in [0.5, 0.6) is 0 Å². The lowest BCUT2D eigenvalue weighted by Gasteiger charge is -2.34. The summed E-state index contributed by atoms with van der Waals surface area (Å²) in [6.45, 7) is 3.00. The number of fused-ring (bicyclic) bond motifs is 1. The lowest BCUT2D eigenvalue weighted by molar-refractivity contribution is -0.127. The number of piperazine rings is 1. The molecule has 1 unspecified atom stereocenters. The number of nitrogens with one attached hydrogen (secondary N) is 2. The average molecular weight is 271 g/mol. The van der Waals surface area contributed by atoms with Gasteiger partial charge in [-0.3, -0.25) is 9.59 Å². The minimum absolute atomic E-state index is 0.0630. The first-order valence-electron chi connectivity index (χ1n) is 6.87. The van der Waals surface area contributed by atoms with Crippen LogP contribution in [0.25, 0.3) is 10.9 Å². The molecule has 1 saturated heterocycles. The Morgan fingerprint density at radius 3 is 3.00 bits per heavy atom. The van der Waals surface area contributed by atoms with Crippen molar-refractivity contribution in [2.45, 2.75) is 19.4 Å². The van der Waals surface area contributed by atoms with Gasteiger partial charge in [0, 0.05) is 30.2 Å². The van der Waals surface area contributed by atoms with Gasteiger partial charge in [-0.05, 0) is 12.5 Å². The summed E-state index contributed by atoms with van der Waals surface area (Å²) in [5.74, 6) is -0.143. The largest absolute Gasteiger partial charge is 0.360 e. The van der Waals surface area contributed by atoms with Crippen molar-refractivity contribution in [3.8, 4) is 0 Å². The van der Waals surface area contributed by atoms with E-state index < -0.39 is 0 Å². The first-order chi connectivity index (χ1) is 9.72. The summed E-state index contributed by atoms with van der Waals surface area (Å²) in [5.41, 5.74) is 1.57. The Hall–Kier alpha value is -2.30. The van der Waals surface area contributed by atoms with Crippen LogP contribution in [0.1, 0.15) is 23.7 Å². The zero-order valence-electron chi connectivity index (χ0n) is 11.3. The van der Waals surface area contributed by atoms with Crippen LogP contribution < -0.4 is 5.32 Å². The second-order valence-electron chi connectivity index (χ2n) is 4.96. The summed E-state index contributed by atoms with van der Waals surface area (Å²) in [7, 11) is 0. The van der Waals surface area contributed by atoms with Crippen molar-refractivity contribution in [3.05, 3.63) is 36.0 Å². The van der Waals surface area contributed by atoms with Crippen LogP contribution in [0.3, 0.4) is 0 Å². The van der Waals surface area contributed by atoms with E-state index in [2.05, 4.69) is 10.3 Å². The predicted octanol–water partition coefficient (Wildman–Crippen LogP) is 1.52. The Balaban J connectivity index is 1.97. The topological polar surface area (TPSA) is 65.2 Å². The van der Waals surface area contributed by atoms with Crippen LogP contribution in [0.2, 0.25) is 0 Å². The Bertz CT molecular complexity index is 662. The lowest BCUT2D eigenvalue weighted by Crippen LogP contribution is -2.56. The highest BCUT2D eigenvalue weighted by molar-refractivity contribution is 6.08. The molecule has 2 N–H and O–H groups in total. The molecule has 0 spiro atoms. The Kier molecular flexibility index (Phi) is 3.18. The summed E-state index contributed by atoms with van der Waals surface area (Å²) >= 11 is 0. The minimum atomic E-state index is -0.370. The molecule has 0 aliphatic carbocycles. The number of rotatable bonds is 2. The molecule has 1 aliphatic heterocycles. The standard InChI is InChI=1S/C15H17N3O2/c1-2-13-14(19)16-7-8-18(13)15(20)11-9-17-12-6-4-3-5-10(11)12/h3-6,9,13,17H,2,7-8H2,1H3,(H,16,19). The number of carbonyl (C=O) groups is 2. The minimum Gasteiger partial charge on any atom is -0.360 e. The fraction of sp³-hybridized carbons (Fsp3) is 0.333. The highest BCUT2D eigenvalue weighted by Crippen LogP contribution is 2.21. The van der Waals surface area contributed by atoms with Crippen molar-refractivity contribution in [1.29, 1.82) is 0 Å². The van der Waals surface area contributed by atoms with E-state index in [9.17, 15) is 9.59 Å². The smallest absolute Gasteiger partial charge is 0.256 e. The number of carbonyl (C=O) groups excluding carboxylic acids is 2. The van der Waals surface area contributed by atoms with Gasteiger partial charge in [-0.1, -0.05) is 25.1 Å². The zero-order valence-corrected chi connectivity index (χ0v) is 11.3. The molecule has 0 bridgehead atoms. The monoisotopic (exact) mass is 271 g/mol. The number of hydrogen-bond donors (Lipinski definition) is 2. The van der Waals surface area contributed by atoms with Crippen molar-refractivity contribution in [2.75, 3.05) is 13.1 Å². The van der Waals surface area contributed by atoms with E-state index in [-0.39, 0.29) is 17.9 Å². The van der Waals surface area contributed by atoms with E-state index in [0.29, 0.717) is 25.1 Å². The van der Waals surface area contributed by atoms with Gasteiger partial charge in [0.05, 0.1) is 5.56 Å². The van der Waals surface area contributed by atoms with Crippen LogP contribution in [0.15, 0.2) is 30.5 Å². The predicted molar refractivity (Wildman–Crippen MR) is 76.4 cm³/mol. The first kappa shape index (κ1) is 12.7. The molecule has 5 nitrogen and oxygen atoms in total. The van der Waals surface area contributed by atoms with Crippen molar-refractivity contribution >= 4 is 22.7 Å². The lowest BCUT2D eigenvalue weighted by atomic mass is 10.1. The van der Waals surface area contributed by atoms with Crippen LogP contribution in [0.4, 0.5) is 0 Å². The van der Waals surface area contributed by atoms with E-state index in [1.54, 1.807) is 11.1 Å². The maximum Gasteiger partial charge on any atom is 0.256 e. The molecule has 0 radical (unpaired) electrons. The molecule has 1 aliphatic rings. The average Bonchev–Trinajstić information content (AvgIpc) is 2.90. The third kappa shape index (κ3) is 1.95. The van der Waals surface area contributed by atoms with Gasteiger partial charge in [0.1, 0.15) is 6.04 Å². The number of amides is 2. The Morgan fingerprint density at radius 1 is 1.40 bits per heavy atom. The summed E-state index contributed by atoms with van der Waals surface area (Å²) in [6.07, 6.45) is 2.35.